The van der Waals surface area contributed by atoms with Gasteiger partial charge in [-0.1, -0.05) is 60.1 Å². The predicted octanol–water partition coefficient (Wildman–Crippen LogP) is 3.92. The Bertz CT molecular complexity index is 1290. The summed E-state index contributed by atoms with van der Waals surface area (Å²) in [6, 6.07) is 0. The van der Waals surface area contributed by atoms with Crippen LogP contribution in [-0.4, -0.2) is 106 Å². The molecule has 50 heavy (non-hydrogen) atoms. The first-order chi connectivity index (χ1) is 23.4. The fraction of sp³-hybridized carbons (Fsp3) is 0.950. The number of hydrogen-bond donors (Lipinski definition) is 6. The van der Waals surface area contributed by atoms with Gasteiger partial charge in [-0.25, -0.2) is 0 Å². The van der Waals surface area contributed by atoms with Crippen LogP contribution in [0.4, 0.5) is 0 Å². The van der Waals surface area contributed by atoms with Crippen molar-refractivity contribution in [1.82, 2.24) is 0 Å². The summed E-state index contributed by atoms with van der Waals surface area (Å²) < 4.78 is 24.3. The fourth-order valence-electron chi connectivity index (χ4n) is 13.3. The predicted molar refractivity (Wildman–Crippen MR) is 185 cm³/mol. The minimum atomic E-state index is -1.28. The van der Waals surface area contributed by atoms with E-state index in [4.69, 9.17) is 18.9 Å². The second-order valence-corrected chi connectivity index (χ2v) is 19.3. The molecule has 0 aromatic rings. The van der Waals surface area contributed by atoms with Crippen molar-refractivity contribution in [1.29, 1.82) is 0 Å². The summed E-state index contributed by atoms with van der Waals surface area (Å²) >= 11 is 0. The first-order valence-corrected chi connectivity index (χ1v) is 19.7. The monoisotopic (exact) mass is 706 g/mol. The Balaban J connectivity index is 1.15. The summed E-state index contributed by atoms with van der Waals surface area (Å²) in [7, 11) is 0. The number of allylic oxidation sites excluding steroid dienone is 2. The van der Waals surface area contributed by atoms with Gasteiger partial charge in [0.15, 0.2) is 12.6 Å². The van der Waals surface area contributed by atoms with E-state index in [1.54, 1.807) is 5.57 Å². The van der Waals surface area contributed by atoms with Gasteiger partial charge in [0, 0.05) is 5.41 Å². The molecule has 7 aliphatic rings. The van der Waals surface area contributed by atoms with Gasteiger partial charge in [-0.2, -0.15) is 0 Å². The van der Waals surface area contributed by atoms with Gasteiger partial charge in [-0.15, -0.1) is 0 Å². The Morgan fingerprint density at radius 1 is 0.720 bits per heavy atom. The maximum absolute atomic E-state index is 10.7. The van der Waals surface area contributed by atoms with Crippen molar-refractivity contribution in [2.45, 2.75) is 162 Å². The summed E-state index contributed by atoms with van der Waals surface area (Å²) in [5.74, 6) is 2.37. The molecule has 0 spiro atoms. The Kier molecular flexibility index (Phi) is 9.78. The minimum absolute atomic E-state index is 0.0407. The maximum atomic E-state index is 10.7. The molecule has 0 unspecified atom stereocenters. The van der Waals surface area contributed by atoms with Crippen molar-refractivity contribution < 1.29 is 49.6 Å². The summed E-state index contributed by atoms with van der Waals surface area (Å²) in [4.78, 5) is 0. The fourth-order valence-corrected chi connectivity index (χ4v) is 13.3. The maximum Gasteiger partial charge on any atom is 0.186 e. The minimum Gasteiger partial charge on any atom is -0.388 e. The smallest absolute Gasteiger partial charge is 0.186 e. The molecule has 10 heteroatoms. The lowest BCUT2D eigenvalue weighted by Crippen LogP contribution is -2.66. The standard InChI is InChI=1S/C40H66O10/c1-21-10-15-40(20-49-34-32(45)30(43)24(41)18-47-34)17-16-38(6)23(29(40)22(21)2)8-9-27-37(5)13-12-28(36(3,4)26(37)11-14-39(27,38)7)50-35-33(46)31(44)25(42)19-48-35/h8,21-22,24-35,41-46H,9-20H2,1-7H3/t21-,22+,24+,25+,26+,27-,28+,29+,30-,31-,32-,33-,34-,35+,37+,38-,39-,40-/m1/s1. The van der Waals surface area contributed by atoms with Gasteiger partial charge in [0.05, 0.1) is 25.9 Å². The zero-order chi connectivity index (χ0) is 36.2. The lowest BCUT2D eigenvalue weighted by Gasteiger charge is -2.72. The van der Waals surface area contributed by atoms with Crippen molar-refractivity contribution in [3.63, 3.8) is 0 Å². The molecular formula is C40H66O10. The third-order valence-corrected chi connectivity index (χ3v) is 16.8. The van der Waals surface area contributed by atoms with E-state index in [1.165, 1.54) is 0 Å². The van der Waals surface area contributed by atoms with E-state index in [0.717, 1.165) is 57.8 Å². The molecule has 2 aliphatic heterocycles. The van der Waals surface area contributed by atoms with Crippen LogP contribution < -0.4 is 0 Å². The number of aliphatic hydroxyl groups is 6. The number of aliphatic hydroxyl groups excluding tert-OH is 6. The second-order valence-electron chi connectivity index (χ2n) is 19.3. The molecule has 0 amide bonds. The average Bonchev–Trinajstić information content (AvgIpc) is 3.07. The molecule has 0 aromatic carbocycles. The van der Waals surface area contributed by atoms with E-state index in [0.29, 0.717) is 36.2 Å². The van der Waals surface area contributed by atoms with Crippen LogP contribution in [0.5, 0.6) is 0 Å². The molecule has 0 bridgehead atoms. The highest BCUT2D eigenvalue weighted by atomic mass is 16.7. The summed E-state index contributed by atoms with van der Waals surface area (Å²) in [6.45, 7) is 17.5. The molecule has 2 saturated heterocycles. The molecule has 18 atom stereocenters. The summed E-state index contributed by atoms with van der Waals surface area (Å²) in [5, 5.41) is 62.0. The van der Waals surface area contributed by atoms with Gasteiger partial charge in [-0.05, 0) is 109 Å². The molecule has 2 heterocycles. The second kappa shape index (κ2) is 13.0. The number of hydrogen-bond acceptors (Lipinski definition) is 10. The number of ether oxygens (including phenoxy) is 4. The first kappa shape index (κ1) is 37.6. The molecule has 0 aromatic heterocycles. The van der Waals surface area contributed by atoms with Gasteiger partial charge in [0.25, 0.3) is 0 Å². The van der Waals surface area contributed by atoms with Crippen LogP contribution in [0.15, 0.2) is 11.6 Å². The van der Waals surface area contributed by atoms with Crippen molar-refractivity contribution in [3.05, 3.63) is 11.6 Å². The van der Waals surface area contributed by atoms with Gasteiger partial charge in [0.1, 0.15) is 36.6 Å². The van der Waals surface area contributed by atoms with Crippen LogP contribution in [0.2, 0.25) is 0 Å². The van der Waals surface area contributed by atoms with E-state index in [1.807, 2.05) is 0 Å². The molecule has 4 saturated carbocycles. The molecule has 6 fully saturated rings. The lowest BCUT2D eigenvalue weighted by molar-refractivity contribution is -0.308. The summed E-state index contributed by atoms with van der Waals surface area (Å²) in [5.41, 5.74) is 1.63. The molecular weight excluding hydrogens is 640 g/mol. The van der Waals surface area contributed by atoms with Crippen LogP contribution in [0.1, 0.15) is 106 Å². The largest absolute Gasteiger partial charge is 0.388 e. The molecule has 0 radical (unpaired) electrons. The van der Waals surface area contributed by atoms with Crippen LogP contribution in [0.3, 0.4) is 0 Å². The third-order valence-electron chi connectivity index (χ3n) is 16.8. The van der Waals surface area contributed by atoms with Crippen molar-refractivity contribution >= 4 is 0 Å². The molecule has 6 N–H and O–H groups in total. The van der Waals surface area contributed by atoms with Crippen molar-refractivity contribution in [2.75, 3.05) is 19.8 Å². The highest BCUT2D eigenvalue weighted by Crippen LogP contribution is 2.76. The third kappa shape index (κ3) is 5.47. The van der Waals surface area contributed by atoms with Crippen LogP contribution in [0.25, 0.3) is 0 Å². The van der Waals surface area contributed by atoms with Gasteiger partial charge in [0.2, 0.25) is 0 Å². The molecule has 286 valence electrons. The Hall–Kier alpha value is -0.660. The highest BCUT2D eigenvalue weighted by Gasteiger charge is 2.69. The van der Waals surface area contributed by atoms with E-state index in [2.05, 4.69) is 54.5 Å². The zero-order valence-corrected chi connectivity index (χ0v) is 31.5. The van der Waals surface area contributed by atoms with E-state index in [9.17, 15) is 30.6 Å². The molecule has 10 nitrogen and oxygen atoms in total. The summed E-state index contributed by atoms with van der Waals surface area (Å²) in [6.07, 6.45) is 2.76. The van der Waals surface area contributed by atoms with Crippen LogP contribution in [-0.2, 0) is 18.9 Å². The van der Waals surface area contributed by atoms with Gasteiger partial charge in [-0.3, -0.25) is 0 Å². The van der Waals surface area contributed by atoms with E-state index in [-0.39, 0.29) is 46.4 Å². The Labute approximate surface area is 298 Å². The Morgan fingerprint density at radius 3 is 2.04 bits per heavy atom. The van der Waals surface area contributed by atoms with Crippen molar-refractivity contribution in [2.24, 2.45) is 56.7 Å². The van der Waals surface area contributed by atoms with E-state index >= 15 is 0 Å². The quantitative estimate of drug-likeness (QED) is 0.183. The molecule has 7 rings (SSSR count). The normalized spacial score (nSPS) is 56.3. The van der Waals surface area contributed by atoms with E-state index < -0.39 is 49.2 Å². The zero-order valence-electron chi connectivity index (χ0n) is 31.5. The molecule has 5 aliphatic carbocycles. The highest BCUT2D eigenvalue weighted by molar-refractivity contribution is 5.34. The SMILES string of the molecule is C[C@H]1[C@H](C)CC[C@]2(CO[C@H]3OC[C@H](O)[C@@H](O)[C@H]3O)CC[C@]3(C)C(=CC[C@@H]4[C@@]5(C)CC[C@H](O[C@@H]6OC[C@H](O)[C@@H](O)[C@H]6O)C(C)(C)[C@@H]5CC[C@]43C)[C@H]12. The first-order valence-electron chi connectivity index (χ1n) is 19.7. The lowest BCUT2D eigenvalue weighted by atomic mass is 9.33. The van der Waals surface area contributed by atoms with Crippen molar-refractivity contribution in [3.8, 4) is 0 Å². The average molecular weight is 707 g/mol. The van der Waals surface area contributed by atoms with Crippen LogP contribution in [0, 0.1) is 56.7 Å². The van der Waals surface area contributed by atoms with Gasteiger partial charge >= 0.3 is 0 Å². The number of fused-ring (bicyclic) bond motifs is 7. The Morgan fingerprint density at radius 2 is 1.36 bits per heavy atom. The van der Waals surface area contributed by atoms with Gasteiger partial charge < -0.3 is 49.6 Å². The van der Waals surface area contributed by atoms with Crippen LogP contribution >= 0.6 is 0 Å². The number of rotatable bonds is 5. The topological polar surface area (TPSA) is 158 Å².